The number of rotatable bonds is 1. The van der Waals surface area contributed by atoms with Gasteiger partial charge in [0.2, 0.25) is 0 Å². The van der Waals surface area contributed by atoms with Crippen LogP contribution in [0.1, 0.15) is 11.1 Å². The fourth-order valence-electron chi connectivity index (χ4n) is 1.36. The van der Waals surface area contributed by atoms with Gasteiger partial charge >= 0.3 is 0 Å². The molecule has 66 valence electrons. The van der Waals surface area contributed by atoms with Crippen LogP contribution in [-0.4, -0.2) is 20.2 Å². The maximum atomic E-state index is 3.82. The average molecular weight is 174 g/mol. The summed E-state index contributed by atoms with van der Waals surface area (Å²) in [6, 6.07) is 6.21. The van der Waals surface area contributed by atoms with E-state index in [9.17, 15) is 0 Å². The number of aromatic nitrogens is 4. The first kappa shape index (κ1) is 7.91. The van der Waals surface area contributed by atoms with Gasteiger partial charge in [-0.15, -0.1) is 5.10 Å². The minimum atomic E-state index is 1.00. The van der Waals surface area contributed by atoms with E-state index in [1.807, 2.05) is 12.1 Å². The third kappa shape index (κ3) is 1.56. The SMILES string of the molecule is Cc1cc(C)cc(-n2cnnn2)c1. The van der Waals surface area contributed by atoms with Crippen LogP contribution >= 0.6 is 0 Å². The Labute approximate surface area is 76.2 Å². The number of aryl methyl sites for hydroxylation is 2. The molecule has 0 unspecified atom stereocenters. The second kappa shape index (κ2) is 2.97. The lowest BCUT2D eigenvalue weighted by Gasteiger charge is -2.02. The van der Waals surface area contributed by atoms with Gasteiger partial charge < -0.3 is 0 Å². The van der Waals surface area contributed by atoms with Gasteiger partial charge in [0.05, 0.1) is 5.69 Å². The zero-order valence-electron chi connectivity index (χ0n) is 7.60. The van der Waals surface area contributed by atoms with Crippen LogP contribution in [0, 0.1) is 13.8 Å². The standard InChI is InChI=1S/C9H10N4/c1-7-3-8(2)5-9(4-7)13-6-10-11-12-13/h3-6H,1-2H3. The second-order valence-corrected chi connectivity index (χ2v) is 3.10. The second-order valence-electron chi connectivity index (χ2n) is 3.10. The van der Waals surface area contributed by atoms with Gasteiger partial charge in [-0.2, -0.15) is 0 Å². The van der Waals surface area contributed by atoms with Gasteiger partial charge in [-0.1, -0.05) is 6.07 Å². The molecule has 0 spiro atoms. The maximum absolute atomic E-state index is 3.82. The van der Waals surface area contributed by atoms with Gasteiger partial charge in [0.25, 0.3) is 0 Å². The van der Waals surface area contributed by atoms with E-state index in [1.165, 1.54) is 11.1 Å². The van der Waals surface area contributed by atoms with E-state index in [-0.39, 0.29) is 0 Å². The van der Waals surface area contributed by atoms with Crippen molar-refractivity contribution >= 4 is 0 Å². The third-order valence-corrected chi connectivity index (χ3v) is 1.82. The van der Waals surface area contributed by atoms with Gasteiger partial charge in [-0.3, -0.25) is 0 Å². The average Bonchev–Trinajstić information content (AvgIpc) is 2.53. The highest BCUT2D eigenvalue weighted by Gasteiger charge is 1.98. The Morgan fingerprint density at radius 3 is 2.31 bits per heavy atom. The number of benzene rings is 1. The summed E-state index contributed by atoms with van der Waals surface area (Å²) in [5.74, 6) is 0. The zero-order chi connectivity index (χ0) is 9.26. The van der Waals surface area contributed by atoms with Gasteiger partial charge in [0.1, 0.15) is 6.33 Å². The molecule has 0 aliphatic heterocycles. The van der Waals surface area contributed by atoms with Crippen LogP contribution in [0.5, 0.6) is 0 Å². The Kier molecular flexibility index (Phi) is 1.81. The smallest absolute Gasteiger partial charge is 0.143 e. The quantitative estimate of drug-likeness (QED) is 0.654. The summed E-state index contributed by atoms with van der Waals surface area (Å²) >= 11 is 0. The predicted octanol–water partition coefficient (Wildman–Crippen LogP) is 1.28. The summed E-state index contributed by atoms with van der Waals surface area (Å²) in [6.45, 7) is 4.11. The molecule has 0 aliphatic rings. The van der Waals surface area contributed by atoms with E-state index in [0.717, 1.165) is 5.69 Å². The molecule has 0 amide bonds. The van der Waals surface area contributed by atoms with Crippen molar-refractivity contribution < 1.29 is 0 Å². The molecule has 0 saturated carbocycles. The molecule has 0 saturated heterocycles. The lowest BCUT2D eigenvalue weighted by atomic mass is 10.1. The Morgan fingerprint density at radius 1 is 1.08 bits per heavy atom. The van der Waals surface area contributed by atoms with Crippen molar-refractivity contribution in [2.75, 3.05) is 0 Å². The summed E-state index contributed by atoms with van der Waals surface area (Å²) in [5.41, 5.74) is 3.43. The molecule has 0 atom stereocenters. The first-order valence-electron chi connectivity index (χ1n) is 4.07. The normalized spacial score (nSPS) is 10.3. The molecular weight excluding hydrogens is 164 g/mol. The number of tetrazole rings is 1. The van der Waals surface area contributed by atoms with Crippen LogP contribution in [0.2, 0.25) is 0 Å². The van der Waals surface area contributed by atoms with E-state index in [4.69, 9.17) is 0 Å². The maximum Gasteiger partial charge on any atom is 0.143 e. The van der Waals surface area contributed by atoms with E-state index < -0.39 is 0 Å². The van der Waals surface area contributed by atoms with E-state index in [2.05, 4.69) is 35.4 Å². The van der Waals surface area contributed by atoms with Crippen LogP contribution in [0.15, 0.2) is 24.5 Å². The summed E-state index contributed by atoms with van der Waals surface area (Å²) in [5, 5.41) is 11.0. The molecule has 1 aromatic carbocycles. The fourth-order valence-corrected chi connectivity index (χ4v) is 1.36. The van der Waals surface area contributed by atoms with E-state index in [1.54, 1.807) is 11.0 Å². The van der Waals surface area contributed by atoms with Crippen molar-refractivity contribution in [2.45, 2.75) is 13.8 Å². The zero-order valence-corrected chi connectivity index (χ0v) is 7.60. The van der Waals surface area contributed by atoms with Gasteiger partial charge in [-0.25, -0.2) is 4.68 Å². The molecular formula is C9H10N4. The Balaban J connectivity index is 2.53. The van der Waals surface area contributed by atoms with Crippen molar-refractivity contribution in [3.63, 3.8) is 0 Å². The monoisotopic (exact) mass is 174 g/mol. The molecule has 4 nitrogen and oxygen atoms in total. The molecule has 2 aromatic rings. The minimum absolute atomic E-state index is 1.00. The van der Waals surface area contributed by atoms with Crippen LogP contribution in [-0.2, 0) is 0 Å². The Morgan fingerprint density at radius 2 is 1.77 bits per heavy atom. The van der Waals surface area contributed by atoms with Crippen molar-refractivity contribution in [2.24, 2.45) is 0 Å². The lowest BCUT2D eigenvalue weighted by molar-refractivity contribution is 0.788. The van der Waals surface area contributed by atoms with Crippen molar-refractivity contribution in [1.82, 2.24) is 20.2 Å². The van der Waals surface area contributed by atoms with Crippen LogP contribution in [0.25, 0.3) is 5.69 Å². The molecule has 0 bridgehead atoms. The molecule has 1 heterocycles. The van der Waals surface area contributed by atoms with Crippen LogP contribution < -0.4 is 0 Å². The molecule has 0 aliphatic carbocycles. The highest BCUT2D eigenvalue weighted by atomic mass is 15.5. The van der Waals surface area contributed by atoms with Crippen LogP contribution in [0.3, 0.4) is 0 Å². The topological polar surface area (TPSA) is 43.6 Å². The van der Waals surface area contributed by atoms with Gasteiger partial charge in [0.15, 0.2) is 0 Å². The van der Waals surface area contributed by atoms with Gasteiger partial charge in [-0.05, 0) is 47.5 Å². The van der Waals surface area contributed by atoms with Gasteiger partial charge in [0, 0.05) is 0 Å². The van der Waals surface area contributed by atoms with E-state index in [0.29, 0.717) is 0 Å². The van der Waals surface area contributed by atoms with Crippen molar-refractivity contribution in [3.05, 3.63) is 35.7 Å². The molecule has 1 aromatic heterocycles. The molecule has 0 N–H and O–H groups in total. The summed E-state index contributed by atoms with van der Waals surface area (Å²) in [7, 11) is 0. The molecule has 13 heavy (non-hydrogen) atoms. The minimum Gasteiger partial charge on any atom is -0.201 e. The number of hydrogen-bond donors (Lipinski definition) is 0. The summed E-state index contributed by atoms with van der Waals surface area (Å²) < 4.78 is 1.65. The first-order chi connectivity index (χ1) is 6.25. The Bertz CT molecular complexity index is 385. The molecule has 2 rings (SSSR count). The molecule has 4 heteroatoms. The highest BCUT2D eigenvalue weighted by molar-refractivity contribution is 5.38. The summed E-state index contributed by atoms with van der Waals surface area (Å²) in [6.07, 6.45) is 1.59. The number of hydrogen-bond acceptors (Lipinski definition) is 3. The highest BCUT2D eigenvalue weighted by Crippen LogP contribution is 2.11. The lowest BCUT2D eigenvalue weighted by Crippen LogP contribution is -1.96. The summed E-state index contributed by atoms with van der Waals surface area (Å²) in [4.78, 5) is 0. The Hall–Kier alpha value is -1.71. The van der Waals surface area contributed by atoms with Crippen molar-refractivity contribution in [3.8, 4) is 5.69 Å². The third-order valence-electron chi connectivity index (χ3n) is 1.82. The largest absolute Gasteiger partial charge is 0.201 e. The van der Waals surface area contributed by atoms with Crippen LogP contribution in [0.4, 0.5) is 0 Å². The fraction of sp³-hybridized carbons (Fsp3) is 0.222. The number of nitrogens with zero attached hydrogens (tertiary/aromatic N) is 4. The molecule has 0 radical (unpaired) electrons. The first-order valence-corrected chi connectivity index (χ1v) is 4.07. The molecule has 0 fully saturated rings. The van der Waals surface area contributed by atoms with Crippen molar-refractivity contribution in [1.29, 1.82) is 0 Å². The van der Waals surface area contributed by atoms with E-state index >= 15 is 0 Å². The predicted molar refractivity (Wildman–Crippen MR) is 48.6 cm³/mol.